The molecule has 0 saturated carbocycles. The molecule has 0 bridgehead atoms. The standard InChI is InChI=1S/C15H12BrFN4O2.Li.H/c16-8-4-10(17)9-6-21(19-11(9)5-8)14(15(22)23)13-12-2-1-3-20(12)7-18-13;;/h4-7,14H,1-3H2,(H,22,23);;. The van der Waals surface area contributed by atoms with E-state index in [2.05, 4.69) is 26.0 Å². The Balaban J connectivity index is 0.00000169. The van der Waals surface area contributed by atoms with Gasteiger partial charge in [0.25, 0.3) is 0 Å². The van der Waals surface area contributed by atoms with Crippen LogP contribution in [-0.4, -0.2) is 49.3 Å². The number of halogens is 2. The van der Waals surface area contributed by atoms with Gasteiger partial charge in [-0.05, 0) is 25.0 Å². The van der Waals surface area contributed by atoms with Crippen LogP contribution in [0.15, 0.2) is 29.1 Å². The Labute approximate surface area is 157 Å². The summed E-state index contributed by atoms with van der Waals surface area (Å²) < 4.78 is 17.8. The van der Waals surface area contributed by atoms with Gasteiger partial charge < -0.3 is 9.67 Å². The molecule has 0 spiro atoms. The van der Waals surface area contributed by atoms with E-state index in [0.29, 0.717) is 15.7 Å². The van der Waals surface area contributed by atoms with Gasteiger partial charge in [-0.25, -0.2) is 14.2 Å². The minimum atomic E-state index is -1.06. The van der Waals surface area contributed by atoms with Crippen LogP contribution >= 0.6 is 15.9 Å². The van der Waals surface area contributed by atoms with Crippen LogP contribution in [0.1, 0.15) is 23.9 Å². The van der Waals surface area contributed by atoms with Crippen molar-refractivity contribution in [1.82, 2.24) is 19.3 Å². The number of rotatable bonds is 3. The van der Waals surface area contributed by atoms with Gasteiger partial charge in [-0.1, -0.05) is 15.9 Å². The van der Waals surface area contributed by atoms with Gasteiger partial charge in [-0.3, -0.25) is 4.68 Å². The molecule has 3 heterocycles. The number of carbonyl (C=O) groups is 1. The zero-order chi connectivity index (χ0) is 16.1. The summed E-state index contributed by atoms with van der Waals surface area (Å²) in [6, 6.07) is 1.93. The van der Waals surface area contributed by atoms with Gasteiger partial charge >= 0.3 is 24.8 Å². The predicted molar refractivity (Wildman–Crippen MR) is 90.9 cm³/mol. The number of aryl methyl sites for hydroxylation is 1. The van der Waals surface area contributed by atoms with Gasteiger partial charge in [0.05, 0.1) is 22.9 Å². The number of fused-ring (bicyclic) bond motifs is 2. The van der Waals surface area contributed by atoms with E-state index >= 15 is 0 Å². The van der Waals surface area contributed by atoms with Crippen molar-refractivity contribution in [1.29, 1.82) is 0 Å². The van der Waals surface area contributed by atoms with Crippen molar-refractivity contribution in [3.05, 3.63) is 46.3 Å². The number of carboxylic acid groups (broad SMARTS) is 1. The van der Waals surface area contributed by atoms with Crippen molar-refractivity contribution in [3.8, 4) is 0 Å². The topological polar surface area (TPSA) is 72.9 Å². The van der Waals surface area contributed by atoms with Gasteiger partial charge in [0.1, 0.15) is 5.82 Å². The molecule has 2 aromatic heterocycles. The van der Waals surface area contributed by atoms with Crippen molar-refractivity contribution in [2.75, 3.05) is 0 Å². The van der Waals surface area contributed by atoms with Gasteiger partial charge in [-0.15, -0.1) is 0 Å². The minimum absolute atomic E-state index is 0. The number of benzene rings is 1. The summed E-state index contributed by atoms with van der Waals surface area (Å²) in [5, 5.41) is 14.2. The van der Waals surface area contributed by atoms with Crippen LogP contribution in [-0.2, 0) is 17.8 Å². The van der Waals surface area contributed by atoms with Gasteiger partial charge in [0, 0.05) is 22.9 Å². The van der Waals surface area contributed by atoms with Crippen LogP contribution in [0.25, 0.3) is 10.9 Å². The quantitative estimate of drug-likeness (QED) is 0.699. The third-order valence-electron chi connectivity index (χ3n) is 4.11. The fourth-order valence-corrected chi connectivity index (χ4v) is 3.51. The van der Waals surface area contributed by atoms with Crippen molar-refractivity contribution >= 4 is 51.7 Å². The molecule has 1 aliphatic rings. The van der Waals surface area contributed by atoms with Crippen molar-refractivity contribution < 1.29 is 14.3 Å². The van der Waals surface area contributed by atoms with Crippen LogP contribution in [0.2, 0.25) is 0 Å². The number of aliphatic carboxylic acids is 1. The van der Waals surface area contributed by atoms with E-state index in [4.69, 9.17) is 0 Å². The zero-order valence-electron chi connectivity index (χ0n) is 11.9. The molecule has 0 fully saturated rings. The Morgan fingerprint density at radius 2 is 2.21 bits per heavy atom. The number of nitrogens with zero attached hydrogens (tertiary/aromatic N) is 4. The van der Waals surface area contributed by atoms with Crippen molar-refractivity contribution in [3.63, 3.8) is 0 Å². The first-order valence-electron chi connectivity index (χ1n) is 7.15. The van der Waals surface area contributed by atoms with Crippen LogP contribution in [0.3, 0.4) is 0 Å². The van der Waals surface area contributed by atoms with Gasteiger partial charge in [-0.2, -0.15) is 5.10 Å². The molecule has 9 heteroatoms. The molecule has 1 atom stereocenters. The molecule has 1 N–H and O–H groups in total. The first kappa shape index (κ1) is 17.2. The summed E-state index contributed by atoms with van der Waals surface area (Å²) in [5.41, 5.74) is 1.79. The molecule has 1 unspecified atom stereocenters. The first-order chi connectivity index (χ1) is 11.0. The summed E-state index contributed by atoms with van der Waals surface area (Å²) in [7, 11) is 0. The number of hydrogen-bond donors (Lipinski definition) is 1. The molecular weight excluding hydrogens is 374 g/mol. The molecule has 0 radical (unpaired) electrons. The second kappa shape index (κ2) is 6.35. The summed E-state index contributed by atoms with van der Waals surface area (Å²) in [6.07, 6.45) is 4.85. The van der Waals surface area contributed by atoms with Crippen LogP contribution in [0.5, 0.6) is 0 Å². The predicted octanol–water partition coefficient (Wildman–Crippen LogP) is 2.11. The molecule has 0 aliphatic carbocycles. The second-order valence-corrected chi connectivity index (χ2v) is 6.46. The Morgan fingerprint density at radius 1 is 1.42 bits per heavy atom. The van der Waals surface area contributed by atoms with Crippen molar-refractivity contribution in [2.45, 2.75) is 25.4 Å². The zero-order valence-corrected chi connectivity index (χ0v) is 13.5. The van der Waals surface area contributed by atoms with Crippen LogP contribution < -0.4 is 0 Å². The van der Waals surface area contributed by atoms with Crippen molar-refractivity contribution in [2.24, 2.45) is 0 Å². The number of imidazole rings is 1. The molecule has 4 rings (SSSR count). The van der Waals surface area contributed by atoms with Crippen LogP contribution in [0.4, 0.5) is 4.39 Å². The van der Waals surface area contributed by atoms with E-state index in [1.165, 1.54) is 16.9 Å². The number of aromatic nitrogens is 4. The van der Waals surface area contributed by atoms with E-state index in [-0.39, 0.29) is 24.2 Å². The van der Waals surface area contributed by atoms with E-state index in [1.54, 1.807) is 12.4 Å². The molecule has 1 aromatic carbocycles. The fourth-order valence-electron chi connectivity index (χ4n) is 3.09. The molecule has 24 heavy (non-hydrogen) atoms. The summed E-state index contributed by atoms with van der Waals surface area (Å²) in [5.74, 6) is -1.51. The summed E-state index contributed by atoms with van der Waals surface area (Å²) in [6.45, 7) is 0.845. The average Bonchev–Trinajstić information content (AvgIpc) is 3.15. The summed E-state index contributed by atoms with van der Waals surface area (Å²) in [4.78, 5) is 16.1. The molecule has 120 valence electrons. The van der Waals surface area contributed by atoms with Gasteiger partial charge in [0.2, 0.25) is 0 Å². The Bertz CT molecular complexity index is 939. The Morgan fingerprint density at radius 3 is 2.96 bits per heavy atom. The monoisotopic (exact) mass is 386 g/mol. The van der Waals surface area contributed by atoms with E-state index in [0.717, 1.165) is 25.1 Å². The normalized spacial score (nSPS) is 14.4. The Kier molecular flexibility index (Phi) is 4.56. The molecule has 3 aromatic rings. The second-order valence-electron chi connectivity index (χ2n) is 5.54. The van der Waals surface area contributed by atoms with E-state index in [1.807, 2.05) is 4.57 Å². The Hall–Kier alpha value is -1.62. The molecular formula is C15H13BrFLiN4O2. The molecule has 0 saturated heterocycles. The SMILES string of the molecule is O=C(O)C(c1ncn2c1CCC2)n1cc2c(F)cc(Br)cc2n1.[LiH]. The van der Waals surface area contributed by atoms with E-state index < -0.39 is 17.8 Å². The average molecular weight is 387 g/mol. The van der Waals surface area contributed by atoms with Crippen LogP contribution in [0, 0.1) is 5.82 Å². The van der Waals surface area contributed by atoms with Gasteiger partial charge in [0.15, 0.2) is 6.04 Å². The molecule has 1 aliphatic heterocycles. The molecule has 6 nitrogen and oxygen atoms in total. The van der Waals surface area contributed by atoms with E-state index in [9.17, 15) is 14.3 Å². The number of carboxylic acids is 1. The maximum atomic E-state index is 14.0. The summed E-state index contributed by atoms with van der Waals surface area (Å²) >= 11 is 3.22. The molecule has 0 amide bonds. The number of hydrogen-bond acceptors (Lipinski definition) is 3. The maximum absolute atomic E-state index is 14.0. The first-order valence-corrected chi connectivity index (χ1v) is 7.94. The third-order valence-corrected chi connectivity index (χ3v) is 4.56. The third kappa shape index (κ3) is 2.69. The fraction of sp³-hybridized carbons (Fsp3) is 0.267.